The van der Waals surface area contributed by atoms with E-state index >= 15 is 0 Å². The van der Waals surface area contributed by atoms with Crippen LogP contribution >= 0.6 is 17.0 Å². The third-order valence-corrected chi connectivity index (χ3v) is 16.6. The van der Waals surface area contributed by atoms with E-state index in [4.69, 9.17) is 0 Å². The number of rotatable bonds is 3. The molecule has 0 rings (SSSR count). The Morgan fingerprint density at radius 1 is 0.688 bits per heavy atom. The van der Waals surface area contributed by atoms with Crippen molar-refractivity contribution in [1.82, 2.24) is 0 Å². The van der Waals surface area contributed by atoms with Gasteiger partial charge in [-0.05, 0) is 0 Å². The topological polar surface area (TPSA) is 0 Å². The monoisotopic (exact) mass is 460 g/mol. The summed E-state index contributed by atoms with van der Waals surface area (Å²) < 4.78 is 89.4. The molecule has 0 nitrogen and oxygen atoms in total. The maximum absolute atomic E-state index is 12.2. The van der Waals surface area contributed by atoms with Gasteiger partial charge in [-0.3, -0.25) is 0 Å². The molecule has 0 aromatic heterocycles. The van der Waals surface area contributed by atoms with Gasteiger partial charge in [0.25, 0.3) is 0 Å². The Hall–Kier alpha value is 1.26. The van der Waals surface area contributed by atoms with Crippen molar-refractivity contribution in [2.45, 2.75) is 12.4 Å². The van der Waals surface area contributed by atoms with E-state index in [-0.39, 0.29) is 0 Å². The quantitative estimate of drug-likeness (QED) is 0.275. The molecule has 0 fully saturated rings. The van der Waals surface area contributed by atoms with Gasteiger partial charge in [-0.2, -0.15) is 0 Å². The molecule has 0 bridgehead atoms. The molecule has 0 saturated carbocycles. The zero-order chi connectivity index (χ0) is 13.0. The Balaban J connectivity index is 4.21. The first-order valence-electron chi connectivity index (χ1n) is 2.92. The minimum atomic E-state index is -5.05. The zero-order valence-corrected chi connectivity index (χ0v) is 12.3. The van der Waals surface area contributed by atoms with Crippen LogP contribution < -0.4 is 0 Å². The summed E-state index contributed by atoms with van der Waals surface area (Å²) in [6.07, 6.45) is -10.1. The van der Waals surface area contributed by atoms with Crippen molar-refractivity contribution in [1.29, 1.82) is 0 Å². The summed E-state index contributed by atoms with van der Waals surface area (Å²) in [5.74, 6) is 0. The Kier molecular flexibility index (Phi) is 7.55. The molecule has 96 valence electrons. The molecule has 0 N–H and O–H groups in total. The fraction of sp³-hybridized carbons (Fsp3) is 0.500. The van der Waals surface area contributed by atoms with Crippen LogP contribution in [0.3, 0.4) is 0 Å². The summed E-state index contributed by atoms with van der Waals surface area (Å²) in [5, 5.41) is 0. The third-order valence-electron chi connectivity index (χ3n) is 0.688. The summed E-state index contributed by atoms with van der Waals surface area (Å²) in [7, 11) is 0.688. The predicted molar refractivity (Wildman–Crippen MR) is 39.5 cm³/mol. The first kappa shape index (κ1) is 17.3. The van der Waals surface area contributed by atoms with Crippen molar-refractivity contribution >= 4 is 25.3 Å². The molecule has 0 aromatic carbocycles. The minimum absolute atomic E-state index is 0.344. The fourth-order valence-electron chi connectivity index (χ4n) is 0.182. The summed E-state index contributed by atoms with van der Waals surface area (Å²) in [4.78, 5) is 0. The SMILES string of the molecule is F[C](=[Mo][S][S][Mo]=[C](F)C(F)(F)F)C(F)(F)F. The fourth-order valence-corrected chi connectivity index (χ4v) is 13.6. The van der Waals surface area contributed by atoms with Gasteiger partial charge >= 0.3 is 106 Å². The molecule has 0 heterocycles. The second-order valence-corrected chi connectivity index (χ2v) is 13.5. The molecular weight excluding hydrogens is 456 g/mol. The van der Waals surface area contributed by atoms with Gasteiger partial charge in [-0.15, -0.1) is 0 Å². The molecule has 0 radical (unpaired) electrons. The van der Waals surface area contributed by atoms with Crippen LogP contribution in [-0.4, -0.2) is 20.7 Å². The molecule has 12 heteroatoms. The van der Waals surface area contributed by atoms with E-state index in [0.29, 0.717) is 17.0 Å². The van der Waals surface area contributed by atoms with Gasteiger partial charge < -0.3 is 0 Å². The van der Waals surface area contributed by atoms with Gasteiger partial charge in [-0.25, -0.2) is 0 Å². The summed E-state index contributed by atoms with van der Waals surface area (Å²) in [5.41, 5.74) is 0. The van der Waals surface area contributed by atoms with E-state index in [1.807, 2.05) is 0 Å². The second-order valence-electron chi connectivity index (χ2n) is 1.85. The van der Waals surface area contributed by atoms with E-state index in [9.17, 15) is 35.1 Å². The van der Waals surface area contributed by atoms with E-state index in [0.717, 1.165) is 0 Å². The molecule has 0 unspecified atom stereocenters. The molecule has 0 saturated heterocycles. The van der Waals surface area contributed by atoms with Gasteiger partial charge in [-0.1, -0.05) is 0 Å². The predicted octanol–water partition coefficient (Wildman–Crippen LogP) is 3.69. The maximum atomic E-state index is 12.2. The number of hydrogen-bond donors (Lipinski definition) is 0. The standard InChI is InChI=1S/2C2F4.2Mo.S2/c2*3-1-2(4,5)6;;;1-2/q;;2*+1;-2. The Morgan fingerprint density at radius 2 is 0.938 bits per heavy atom. The molecule has 0 atom stereocenters. The first-order chi connectivity index (χ1) is 7.05. The van der Waals surface area contributed by atoms with E-state index in [1.54, 1.807) is 0 Å². The average Bonchev–Trinajstić information content (AvgIpc) is 2.08. The van der Waals surface area contributed by atoms with Crippen molar-refractivity contribution in [3.63, 3.8) is 0 Å². The molecule has 0 aliphatic carbocycles. The third kappa shape index (κ3) is 7.56. The Labute approximate surface area is 106 Å². The molecule has 0 aromatic rings. The second kappa shape index (κ2) is 7.00. The van der Waals surface area contributed by atoms with E-state index < -0.39 is 54.3 Å². The van der Waals surface area contributed by atoms with Crippen molar-refractivity contribution in [2.24, 2.45) is 0 Å². The van der Waals surface area contributed by atoms with Crippen LogP contribution in [0, 0.1) is 0 Å². The van der Waals surface area contributed by atoms with Crippen LogP contribution in [0.15, 0.2) is 0 Å². The van der Waals surface area contributed by atoms with Crippen molar-refractivity contribution in [3.05, 3.63) is 0 Å². The van der Waals surface area contributed by atoms with Crippen LogP contribution in [0.5, 0.6) is 0 Å². The molecular formula is C4F8Mo2S2. The van der Waals surface area contributed by atoms with E-state index in [2.05, 4.69) is 0 Å². The van der Waals surface area contributed by atoms with Gasteiger partial charge in [0, 0.05) is 0 Å². The first-order valence-corrected chi connectivity index (χ1v) is 11.8. The summed E-state index contributed by atoms with van der Waals surface area (Å²) in [6.45, 7) is 0. The Morgan fingerprint density at radius 3 is 1.12 bits per heavy atom. The van der Waals surface area contributed by atoms with Crippen molar-refractivity contribution < 1.29 is 68.8 Å². The van der Waals surface area contributed by atoms with Crippen molar-refractivity contribution in [2.75, 3.05) is 0 Å². The number of hydrogen-bond acceptors (Lipinski definition) is 2. The Bertz CT molecular complexity index is 261. The molecule has 0 aliphatic rings. The molecule has 0 amide bonds. The summed E-state index contributed by atoms with van der Waals surface area (Å²) in [6, 6.07) is 0. The normalized spacial score (nSPS) is 15.5. The van der Waals surface area contributed by atoms with Gasteiger partial charge in [0.2, 0.25) is 0 Å². The van der Waals surface area contributed by atoms with Gasteiger partial charge in [0.05, 0.1) is 0 Å². The van der Waals surface area contributed by atoms with E-state index in [1.165, 1.54) is 0 Å². The number of halogens is 8. The van der Waals surface area contributed by atoms with Crippen LogP contribution in [0.1, 0.15) is 0 Å². The van der Waals surface area contributed by atoms with Crippen LogP contribution in [-0.2, 0) is 33.6 Å². The number of alkyl halides is 6. The van der Waals surface area contributed by atoms with Gasteiger partial charge in [0.15, 0.2) is 0 Å². The summed E-state index contributed by atoms with van der Waals surface area (Å²) >= 11 is -4.57. The van der Waals surface area contributed by atoms with Crippen molar-refractivity contribution in [3.8, 4) is 0 Å². The van der Waals surface area contributed by atoms with Crippen LogP contribution in [0.2, 0.25) is 0 Å². The van der Waals surface area contributed by atoms with Crippen LogP contribution in [0.25, 0.3) is 0 Å². The molecule has 0 spiro atoms. The molecule has 16 heavy (non-hydrogen) atoms. The van der Waals surface area contributed by atoms with Gasteiger partial charge in [0.1, 0.15) is 0 Å². The zero-order valence-electron chi connectivity index (χ0n) is 6.66. The average molecular weight is 456 g/mol. The van der Waals surface area contributed by atoms with Crippen LogP contribution in [0.4, 0.5) is 35.1 Å². The molecule has 0 aliphatic heterocycles.